The molecule has 1 fully saturated rings. The average molecular weight is 346 g/mol. The summed E-state index contributed by atoms with van der Waals surface area (Å²) in [7, 11) is 0. The highest BCUT2D eigenvalue weighted by Crippen LogP contribution is 2.25. The number of piperazine rings is 1. The number of thiazole rings is 1. The summed E-state index contributed by atoms with van der Waals surface area (Å²) in [5.74, 6) is 0.139. The van der Waals surface area contributed by atoms with Crippen LogP contribution in [0.3, 0.4) is 0 Å². The number of aromatic nitrogens is 1. The van der Waals surface area contributed by atoms with Crippen LogP contribution >= 0.6 is 11.3 Å². The van der Waals surface area contributed by atoms with E-state index < -0.39 is 0 Å². The van der Waals surface area contributed by atoms with Crippen molar-refractivity contribution in [3.05, 3.63) is 23.2 Å². The van der Waals surface area contributed by atoms with Gasteiger partial charge in [-0.25, -0.2) is 4.98 Å². The van der Waals surface area contributed by atoms with E-state index in [1.807, 2.05) is 36.9 Å². The van der Waals surface area contributed by atoms with E-state index in [2.05, 4.69) is 10.3 Å². The van der Waals surface area contributed by atoms with Crippen LogP contribution in [0.1, 0.15) is 18.9 Å². The zero-order valence-corrected chi connectivity index (χ0v) is 15.0. The van der Waals surface area contributed by atoms with E-state index in [-0.39, 0.29) is 17.9 Å². The van der Waals surface area contributed by atoms with Crippen LogP contribution < -0.4 is 5.32 Å². The quantitative estimate of drug-likeness (QED) is 0.924. The molecule has 2 heterocycles. The molecule has 6 nitrogen and oxygen atoms in total. The number of anilines is 1. The molecule has 7 heteroatoms. The lowest BCUT2D eigenvalue weighted by Gasteiger charge is -2.35. The van der Waals surface area contributed by atoms with Gasteiger partial charge in [0.05, 0.1) is 15.2 Å². The van der Waals surface area contributed by atoms with Gasteiger partial charge in [-0.3, -0.25) is 9.59 Å². The van der Waals surface area contributed by atoms with Gasteiger partial charge in [-0.05, 0) is 32.0 Å². The summed E-state index contributed by atoms with van der Waals surface area (Å²) < 4.78 is 1.12. The average Bonchev–Trinajstić information content (AvgIpc) is 2.93. The monoisotopic (exact) mass is 346 g/mol. The maximum absolute atomic E-state index is 12.6. The number of nitrogens with one attached hydrogen (secondary N) is 1. The zero-order chi connectivity index (χ0) is 17.3. The van der Waals surface area contributed by atoms with E-state index in [0.29, 0.717) is 26.2 Å². The summed E-state index contributed by atoms with van der Waals surface area (Å²) in [6.07, 6.45) is 0. The molecule has 2 aromatic rings. The van der Waals surface area contributed by atoms with Gasteiger partial charge in [0, 0.05) is 38.8 Å². The van der Waals surface area contributed by atoms with Crippen LogP contribution in [0.25, 0.3) is 10.2 Å². The molecule has 0 saturated carbocycles. The van der Waals surface area contributed by atoms with Gasteiger partial charge < -0.3 is 15.1 Å². The molecule has 1 atom stereocenters. The summed E-state index contributed by atoms with van der Waals surface area (Å²) >= 11 is 1.65. The van der Waals surface area contributed by atoms with Crippen LogP contribution in [-0.2, 0) is 9.59 Å². The molecule has 128 valence electrons. The third-order valence-electron chi connectivity index (χ3n) is 4.29. The molecule has 0 bridgehead atoms. The molecule has 1 aliphatic heterocycles. The molecule has 2 amide bonds. The number of hydrogen-bond acceptors (Lipinski definition) is 5. The van der Waals surface area contributed by atoms with Gasteiger partial charge in [0.15, 0.2) is 0 Å². The maximum Gasteiger partial charge on any atom is 0.244 e. The number of carbonyl (C=O) groups excluding carboxylic acids is 2. The first-order chi connectivity index (χ1) is 11.4. The Bertz CT molecular complexity index is 765. The van der Waals surface area contributed by atoms with E-state index in [9.17, 15) is 9.59 Å². The first-order valence-electron chi connectivity index (χ1n) is 8.12. The molecule has 3 rings (SSSR count). The van der Waals surface area contributed by atoms with Crippen molar-refractivity contribution in [2.45, 2.75) is 26.8 Å². The summed E-state index contributed by atoms with van der Waals surface area (Å²) in [6, 6.07) is 5.67. The second-order valence-electron chi connectivity index (χ2n) is 6.11. The van der Waals surface area contributed by atoms with Gasteiger partial charge in [0.25, 0.3) is 0 Å². The lowest BCUT2D eigenvalue weighted by Crippen LogP contribution is -2.53. The van der Waals surface area contributed by atoms with Gasteiger partial charge in [0.1, 0.15) is 6.04 Å². The molecular weight excluding hydrogens is 324 g/mol. The van der Waals surface area contributed by atoms with Crippen LogP contribution in [0.2, 0.25) is 0 Å². The van der Waals surface area contributed by atoms with E-state index in [0.717, 1.165) is 20.9 Å². The van der Waals surface area contributed by atoms with Gasteiger partial charge in [-0.15, -0.1) is 11.3 Å². The Balaban J connectivity index is 1.62. The third-order valence-corrected chi connectivity index (χ3v) is 5.22. The molecular formula is C17H22N4O2S. The smallest absolute Gasteiger partial charge is 0.244 e. The molecule has 1 aliphatic rings. The Morgan fingerprint density at radius 2 is 1.88 bits per heavy atom. The summed E-state index contributed by atoms with van der Waals surface area (Å²) in [5.41, 5.74) is 1.91. The first kappa shape index (κ1) is 16.7. The first-order valence-corrected chi connectivity index (χ1v) is 8.94. The lowest BCUT2D eigenvalue weighted by atomic mass is 10.2. The van der Waals surface area contributed by atoms with Crippen LogP contribution in [0.15, 0.2) is 18.2 Å². The normalized spacial score (nSPS) is 16.3. The van der Waals surface area contributed by atoms with E-state index in [1.54, 1.807) is 23.2 Å². The molecule has 0 unspecified atom stereocenters. The van der Waals surface area contributed by atoms with E-state index in [4.69, 9.17) is 0 Å². The van der Waals surface area contributed by atoms with Crippen LogP contribution in [-0.4, -0.2) is 58.8 Å². The number of benzene rings is 1. The SMILES string of the molecule is CC(=O)N1CCN(C(=O)[C@H](C)Nc2ccc3nc(C)sc3c2)CC1. The second-order valence-corrected chi connectivity index (χ2v) is 7.35. The van der Waals surface area contributed by atoms with Gasteiger partial charge in [0.2, 0.25) is 11.8 Å². The molecule has 1 saturated heterocycles. The highest BCUT2D eigenvalue weighted by molar-refractivity contribution is 7.18. The Labute approximate surface area is 145 Å². The van der Waals surface area contributed by atoms with Crippen LogP contribution in [0.5, 0.6) is 0 Å². The molecule has 1 aromatic carbocycles. The van der Waals surface area contributed by atoms with Gasteiger partial charge in [-0.2, -0.15) is 0 Å². The van der Waals surface area contributed by atoms with Crippen molar-refractivity contribution in [2.24, 2.45) is 0 Å². The highest BCUT2D eigenvalue weighted by Gasteiger charge is 2.25. The summed E-state index contributed by atoms with van der Waals surface area (Å²) in [6.45, 7) is 7.85. The molecule has 0 radical (unpaired) electrons. The van der Waals surface area contributed by atoms with Crippen LogP contribution in [0.4, 0.5) is 5.69 Å². The Morgan fingerprint density at radius 1 is 1.21 bits per heavy atom. The van der Waals surface area contributed by atoms with Crippen molar-refractivity contribution in [1.82, 2.24) is 14.8 Å². The number of aryl methyl sites for hydroxylation is 1. The Hall–Kier alpha value is -2.15. The molecule has 0 spiro atoms. The zero-order valence-electron chi connectivity index (χ0n) is 14.2. The van der Waals surface area contributed by atoms with Gasteiger partial charge >= 0.3 is 0 Å². The van der Waals surface area contributed by atoms with Crippen molar-refractivity contribution in [2.75, 3.05) is 31.5 Å². The molecule has 24 heavy (non-hydrogen) atoms. The number of hydrogen-bond donors (Lipinski definition) is 1. The van der Waals surface area contributed by atoms with Crippen molar-refractivity contribution in [1.29, 1.82) is 0 Å². The standard InChI is InChI=1S/C17H22N4O2S/c1-11(17(23)21-8-6-20(7-9-21)13(3)22)18-14-4-5-15-16(10-14)24-12(2)19-15/h4-5,10-11,18H,6-9H2,1-3H3/t11-/m0/s1. The highest BCUT2D eigenvalue weighted by atomic mass is 32.1. The topological polar surface area (TPSA) is 65.5 Å². The minimum absolute atomic E-state index is 0.0683. The number of rotatable bonds is 3. The lowest BCUT2D eigenvalue weighted by molar-refractivity contribution is -0.138. The predicted molar refractivity (Wildman–Crippen MR) is 96.3 cm³/mol. The Kier molecular flexibility index (Phi) is 4.71. The number of nitrogens with zero attached hydrogens (tertiary/aromatic N) is 3. The van der Waals surface area contributed by atoms with Crippen molar-refractivity contribution in [3.8, 4) is 0 Å². The number of carbonyl (C=O) groups is 2. The largest absolute Gasteiger partial charge is 0.374 e. The number of fused-ring (bicyclic) bond motifs is 1. The fourth-order valence-electron chi connectivity index (χ4n) is 2.96. The number of amides is 2. The molecule has 1 aromatic heterocycles. The van der Waals surface area contributed by atoms with Crippen molar-refractivity contribution in [3.63, 3.8) is 0 Å². The van der Waals surface area contributed by atoms with Crippen molar-refractivity contribution < 1.29 is 9.59 Å². The maximum atomic E-state index is 12.6. The van der Waals surface area contributed by atoms with E-state index >= 15 is 0 Å². The molecule has 0 aliphatic carbocycles. The minimum Gasteiger partial charge on any atom is -0.374 e. The van der Waals surface area contributed by atoms with Crippen molar-refractivity contribution >= 4 is 39.1 Å². The second kappa shape index (κ2) is 6.76. The predicted octanol–water partition coefficient (Wildman–Crippen LogP) is 2.10. The van der Waals surface area contributed by atoms with Gasteiger partial charge in [-0.1, -0.05) is 0 Å². The summed E-state index contributed by atoms with van der Waals surface area (Å²) in [5, 5.41) is 4.32. The fourth-order valence-corrected chi connectivity index (χ4v) is 3.82. The fraction of sp³-hybridized carbons (Fsp3) is 0.471. The third kappa shape index (κ3) is 3.51. The minimum atomic E-state index is -0.305. The molecule has 1 N–H and O–H groups in total. The van der Waals surface area contributed by atoms with E-state index in [1.165, 1.54) is 0 Å². The Morgan fingerprint density at radius 3 is 2.54 bits per heavy atom. The summed E-state index contributed by atoms with van der Waals surface area (Å²) in [4.78, 5) is 32.0. The van der Waals surface area contributed by atoms with Crippen LogP contribution in [0, 0.1) is 6.92 Å².